The summed E-state index contributed by atoms with van der Waals surface area (Å²) in [6, 6.07) is 10.7. The van der Waals surface area contributed by atoms with E-state index in [9.17, 15) is 0 Å². The van der Waals surface area contributed by atoms with Crippen LogP contribution < -0.4 is 17.2 Å². The molecule has 0 aliphatic heterocycles. The molecule has 0 bridgehead atoms. The van der Waals surface area contributed by atoms with E-state index in [-0.39, 0.29) is 0 Å². The van der Waals surface area contributed by atoms with Crippen molar-refractivity contribution in [3.63, 3.8) is 0 Å². The molecule has 0 atom stereocenters. The molecular weight excluding hydrogens is 188 g/mol. The highest BCUT2D eigenvalue weighted by atomic mass is 14.8. The topological polar surface area (TPSA) is 91.0 Å². The van der Waals surface area contributed by atoms with Crippen LogP contribution in [0.15, 0.2) is 36.4 Å². The molecule has 0 amide bonds. The zero-order valence-corrected chi connectivity index (χ0v) is 8.14. The normalized spacial score (nSPS) is 10.1. The summed E-state index contributed by atoms with van der Waals surface area (Å²) >= 11 is 0. The van der Waals surface area contributed by atoms with Gasteiger partial charge in [-0.25, -0.2) is 4.98 Å². The number of pyridine rings is 1. The number of nitrogens with two attached hydrogens (primary N) is 3. The molecule has 1 heterocycles. The molecule has 1 aromatic heterocycles. The highest BCUT2D eigenvalue weighted by molar-refractivity contribution is 5.77. The highest BCUT2D eigenvalue weighted by Crippen LogP contribution is 2.26. The van der Waals surface area contributed by atoms with Crippen molar-refractivity contribution in [1.82, 2.24) is 4.98 Å². The second-order valence-electron chi connectivity index (χ2n) is 3.29. The maximum absolute atomic E-state index is 5.84. The van der Waals surface area contributed by atoms with E-state index in [1.54, 1.807) is 24.3 Å². The third-order valence-corrected chi connectivity index (χ3v) is 2.12. The Morgan fingerprint density at radius 3 is 2.47 bits per heavy atom. The minimum atomic E-state index is 0.467. The van der Waals surface area contributed by atoms with Crippen molar-refractivity contribution in [1.29, 1.82) is 0 Å². The van der Waals surface area contributed by atoms with Crippen LogP contribution in [0.1, 0.15) is 0 Å². The van der Waals surface area contributed by atoms with Crippen LogP contribution in [-0.2, 0) is 0 Å². The number of nitrogen functional groups attached to an aromatic ring is 3. The van der Waals surface area contributed by atoms with Gasteiger partial charge in [0.25, 0.3) is 0 Å². The van der Waals surface area contributed by atoms with Gasteiger partial charge < -0.3 is 17.2 Å². The van der Waals surface area contributed by atoms with E-state index < -0.39 is 0 Å². The van der Waals surface area contributed by atoms with Crippen LogP contribution in [0.4, 0.5) is 17.2 Å². The van der Waals surface area contributed by atoms with E-state index in [4.69, 9.17) is 17.2 Å². The highest BCUT2D eigenvalue weighted by Gasteiger charge is 2.04. The monoisotopic (exact) mass is 200 g/mol. The van der Waals surface area contributed by atoms with E-state index in [1.165, 1.54) is 0 Å². The van der Waals surface area contributed by atoms with Gasteiger partial charge in [0.2, 0.25) is 0 Å². The molecule has 76 valence electrons. The fourth-order valence-electron chi connectivity index (χ4n) is 1.40. The molecule has 0 spiro atoms. The number of nitrogens with zero attached hydrogens (tertiary/aromatic N) is 1. The largest absolute Gasteiger partial charge is 0.399 e. The molecule has 6 N–H and O–H groups in total. The lowest BCUT2D eigenvalue weighted by atomic mass is 10.1. The number of hydrogen-bond acceptors (Lipinski definition) is 4. The summed E-state index contributed by atoms with van der Waals surface area (Å²) in [6.45, 7) is 0. The van der Waals surface area contributed by atoms with Crippen molar-refractivity contribution in [2.24, 2.45) is 0 Å². The molecule has 0 fully saturated rings. The molecule has 4 nitrogen and oxygen atoms in total. The van der Waals surface area contributed by atoms with Gasteiger partial charge in [-0.05, 0) is 30.3 Å². The SMILES string of the molecule is Nc1ccc(N)c(-c2cccc(N)n2)c1. The summed E-state index contributed by atoms with van der Waals surface area (Å²) < 4.78 is 0. The van der Waals surface area contributed by atoms with Crippen LogP contribution in [0, 0.1) is 0 Å². The quantitative estimate of drug-likeness (QED) is 0.608. The van der Waals surface area contributed by atoms with E-state index in [2.05, 4.69) is 4.98 Å². The second kappa shape index (κ2) is 3.49. The van der Waals surface area contributed by atoms with Gasteiger partial charge in [-0.15, -0.1) is 0 Å². The summed E-state index contributed by atoms with van der Waals surface area (Å²) in [5, 5.41) is 0. The zero-order valence-electron chi connectivity index (χ0n) is 8.14. The first kappa shape index (κ1) is 9.33. The molecule has 0 saturated carbocycles. The summed E-state index contributed by atoms with van der Waals surface area (Å²) in [4.78, 5) is 4.19. The predicted octanol–water partition coefficient (Wildman–Crippen LogP) is 1.50. The van der Waals surface area contributed by atoms with E-state index in [0.29, 0.717) is 17.2 Å². The predicted molar refractivity (Wildman–Crippen MR) is 62.9 cm³/mol. The van der Waals surface area contributed by atoms with Gasteiger partial charge in [0.05, 0.1) is 5.69 Å². The summed E-state index contributed by atoms with van der Waals surface area (Å²) in [6.07, 6.45) is 0. The molecule has 4 heteroatoms. The third-order valence-electron chi connectivity index (χ3n) is 2.12. The first-order valence-corrected chi connectivity index (χ1v) is 4.55. The van der Waals surface area contributed by atoms with E-state index in [1.807, 2.05) is 12.1 Å². The lowest BCUT2D eigenvalue weighted by molar-refractivity contribution is 1.33. The second-order valence-corrected chi connectivity index (χ2v) is 3.29. The van der Waals surface area contributed by atoms with Crippen LogP contribution in [0.25, 0.3) is 11.3 Å². The van der Waals surface area contributed by atoms with Gasteiger partial charge in [-0.3, -0.25) is 0 Å². The molecule has 0 aliphatic carbocycles. The van der Waals surface area contributed by atoms with Crippen molar-refractivity contribution in [3.05, 3.63) is 36.4 Å². The number of aromatic nitrogens is 1. The minimum Gasteiger partial charge on any atom is -0.399 e. The Bertz CT molecular complexity index is 494. The number of anilines is 3. The first-order valence-electron chi connectivity index (χ1n) is 4.55. The van der Waals surface area contributed by atoms with Gasteiger partial charge in [0.1, 0.15) is 5.82 Å². The number of benzene rings is 1. The summed E-state index contributed by atoms with van der Waals surface area (Å²) in [7, 11) is 0. The van der Waals surface area contributed by atoms with Crippen LogP contribution in [0.5, 0.6) is 0 Å². The van der Waals surface area contributed by atoms with Gasteiger partial charge in [0.15, 0.2) is 0 Å². The van der Waals surface area contributed by atoms with Crippen LogP contribution in [0.3, 0.4) is 0 Å². The smallest absolute Gasteiger partial charge is 0.124 e. The van der Waals surface area contributed by atoms with Crippen molar-refractivity contribution < 1.29 is 0 Å². The van der Waals surface area contributed by atoms with Crippen LogP contribution in [-0.4, -0.2) is 4.98 Å². The van der Waals surface area contributed by atoms with Crippen molar-refractivity contribution in [3.8, 4) is 11.3 Å². The van der Waals surface area contributed by atoms with Gasteiger partial charge in [-0.1, -0.05) is 6.07 Å². The molecule has 2 aromatic rings. The minimum absolute atomic E-state index is 0.467. The lowest BCUT2D eigenvalue weighted by Gasteiger charge is -2.06. The Balaban J connectivity index is 2.58. The molecule has 2 rings (SSSR count). The molecule has 15 heavy (non-hydrogen) atoms. The average molecular weight is 200 g/mol. The fourth-order valence-corrected chi connectivity index (χ4v) is 1.40. The maximum Gasteiger partial charge on any atom is 0.124 e. The Hall–Kier alpha value is -2.23. The molecule has 0 radical (unpaired) electrons. The van der Waals surface area contributed by atoms with Crippen molar-refractivity contribution in [2.75, 3.05) is 17.2 Å². The van der Waals surface area contributed by atoms with Gasteiger partial charge >= 0.3 is 0 Å². The lowest BCUT2D eigenvalue weighted by Crippen LogP contribution is -1.96. The van der Waals surface area contributed by atoms with Gasteiger partial charge in [-0.2, -0.15) is 0 Å². The summed E-state index contributed by atoms with van der Waals surface area (Å²) in [5.74, 6) is 0.467. The molecule has 0 saturated heterocycles. The zero-order chi connectivity index (χ0) is 10.8. The standard InChI is InChI=1S/C11H12N4/c12-7-4-5-9(13)8(6-7)10-2-1-3-11(14)15-10/h1-6H,12-13H2,(H2,14,15). The van der Waals surface area contributed by atoms with Crippen LogP contribution in [0.2, 0.25) is 0 Å². The third kappa shape index (κ3) is 1.83. The van der Waals surface area contributed by atoms with Crippen molar-refractivity contribution >= 4 is 17.2 Å². The molecule has 1 aromatic carbocycles. The Kier molecular flexibility index (Phi) is 2.17. The number of rotatable bonds is 1. The van der Waals surface area contributed by atoms with Gasteiger partial charge in [0, 0.05) is 16.9 Å². The van der Waals surface area contributed by atoms with Crippen LogP contribution >= 0.6 is 0 Å². The molecule has 0 unspecified atom stereocenters. The van der Waals surface area contributed by atoms with E-state index in [0.717, 1.165) is 11.3 Å². The number of hydrogen-bond donors (Lipinski definition) is 3. The Morgan fingerprint density at radius 2 is 1.73 bits per heavy atom. The Morgan fingerprint density at radius 1 is 0.933 bits per heavy atom. The first-order chi connectivity index (χ1) is 7.16. The average Bonchev–Trinajstić information content (AvgIpc) is 2.22. The molecular formula is C11H12N4. The molecule has 0 aliphatic rings. The summed E-state index contributed by atoms with van der Waals surface area (Å²) in [5.41, 5.74) is 20.0. The Labute approximate surface area is 87.7 Å². The maximum atomic E-state index is 5.84. The van der Waals surface area contributed by atoms with Crippen molar-refractivity contribution in [2.45, 2.75) is 0 Å². The van der Waals surface area contributed by atoms with E-state index >= 15 is 0 Å². The fraction of sp³-hybridized carbons (Fsp3) is 0.